The maximum Gasteiger partial charge on any atom is 0.330 e. The van der Waals surface area contributed by atoms with Gasteiger partial charge in [-0.15, -0.1) is 11.8 Å². The zero-order valence-electron chi connectivity index (χ0n) is 18.2. The third-order valence-electron chi connectivity index (χ3n) is 4.91. The first kappa shape index (κ1) is 25.1. The van der Waals surface area contributed by atoms with E-state index >= 15 is 0 Å². The number of aromatic nitrogens is 2. The van der Waals surface area contributed by atoms with Crippen LogP contribution >= 0.6 is 23.4 Å². The van der Waals surface area contributed by atoms with E-state index in [0.717, 1.165) is 37.7 Å². The number of halogens is 1. The van der Waals surface area contributed by atoms with E-state index in [2.05, 4.69) is 11.9 Å². The van der Waals surface area contributed by atoms with Crippen LogP contribution in [0.3, 0.4) is 0 Å². The minimum atomic E-state index is -0.622. The van der Waals surface area contributed by atoms with E-state index in [1.54, 1.807) is 0 Å². The maximum atomic E-state index is 13.1. The molecule has 1 aromatic heterocycles. The van der Waals surface area contributed by atoms with Gasteiger partial charge in [-0.3, -0.25) is 19.1 Å². The summed E-state index contributed by atoms with van der Waals surface area (Å²) in [4.78, 5) is 41.7. The van der Waals surface area contributed by atoms with E-state index in [1.165, 1.54) is 21.2 Å². The van der Waals surface area contributed by atoms with Crippen LogP contribution < -0.4 is 21.9 Å². The Morgan fingerprint density at radius 1 is 1.13 bits per heavy atom. The number of nitrogen functional groups attached to an aromatic ring is 1. The van der Waals surface area contributed by atoms with Crippen molar-refractivity contribution >= 4 is 40.8 Å². The Bertz CT molecular complexity index is 972. The van der Waals surface area contributed by atoms with E-state index in [0.29, 0.717) is 23.9 Å². The van der Waals surface area contributed by atoms with Gasteiger partial charge in [0.15, 0.2) is 5.69 Å². The molecule has 0 saturated carbocycles. The van der Waals surface area contributed by atoms with Crippen molar-refractivity contribution in [3.63, 3.8) is 0 Å². The van der Waals surface area contributed by atoms with E-state index in [1.807, 2.05) is 31.2 Å². The highest BCUT2D eigenvalue weighted by Gasteiger charge is 2.23. The average molecular weight is 467 g/mol. The van der Waals surface area contributed by atoms with E-state index in [-0.39, 0.29) is 23.2 Å². The number of nitrogens with zero attached hydrogens (tertiary/aromatic N) is 2. The van der Waals surface area contributed by atoms with E-state index in [4.69, 9.17) is 17.3 Å². The highest BCUT2D eigenvalue weighted by molar-refractivity contribution is 7.99. The number of nitrogens with one attached hydrogen (secondary N) is 1. The van der Waals surface area contributed by atoms with E-state index < -0.39 is 11.2 Å². The van der Waals surface area contributed by atoms with Crippen molar-refractivity contribution in [2.45, 2.75) is 58.2 Å². The zero-order chi connectivity index (χ0) is 22.8. The van der Waals surface area contributed by atoms with Gasteiger partial charge in [0.05, 0.1) is 5.75 Å². The molecular weight excluding hydrogens is 436 g/mol. The first-order valence-electron chi connectivity index (χ1n) is 10.6. The third kappa shape index (κ3) is 7.18. The van der Waals surface area contributed by atoms with Crippen molar-refractivity contribution in [3.05, 3.63) is 55.7 Å². The maximum absolute atomic E-state index is 13.1. The fourth-order valence-electron chi connectivity index (χ4n) is 3.17. The normalized spacial score (nSPS) is 10.9. The predicted octanol–water partition coefficient (Wildman–Crippen LogP) is 4.03. The SMILES string of the molecule is CCCCCN(C(=O)CSCc1ccc(Cl)cc1)c1c(N)n(CCCC)c(=O)[nH]c1=O. The van der Waals surface area contributed by atoms with Crippen molar-refractivity contribution in [3.8, 4) is 0 Å². The molecule has 9 heteroatoms. The first-order chi connectivity index (χ1) is 14.9. The molecule has 0 aliphatic rings. The zero-order valence-corrected chi connectivity index (χ0v) is 19.7. The molecule has 0 radical (unpaired) electrons. The fourth-order valence-corrected chi connectivity index (χ4v) is 4.16. The van der Waals surface area contributed by atoms with Crippen LogP contribution in [0.25, 0.3) is 0 Å². The standard InChI is InChI=1S/C22H31ClN4O3S/c1-3-5-7-13-26(18(28)15-31-14-16-8-10-17(23)11-9-16)19-20(24)27(12-6-4-2)22(30)25-21(19)29/h8-11H,3-7,12-15,24H2,1-2H3,(H,25,29,30). The van der Waals surface area contributed by atoms with Crippen molar-refractivity contribution in [1.29, 1.82) is 0 Å². The van der Waals surface area contributed by atoms with Gasteiger partial charge in [0, 0.05) is 23.9 Å². The second kappa shape index (κ2) is 12.6. The number of nitrogens with two attached hydrogens (primary N) is 1. The number of benzene rings is 1. The molecule has 3 N–H and O–H groups in total. The van der Waals surface area contributed by atoms with Crippen LogP contribution in [0.1, 0.15) is 51.5 Å². The Kier molecular flexibility index (Phi) is 10.2. The number of amides is 1. The van der Waals surface area contributed by atoms with E-state index in [9.17, 15) is 14.4 Å². The van der Waals surface area contributed by atoms with Crippen molar-refractivity contribution in [1.82, 2.24) is 9.55 Å². The monoisotopic (exact) mass is 466 g/mol. The number of H-pyrrole nitrogens is 1. The van der Waals surface area contributed by atoms with Crippen LogP contribution in [0, 0.1) is 0 Å². The van der Waals surface area contributed by atoms with Crippen LogP contribution in [-0.2, 0) is 17.1 Å². The number of thioether (sulfide) groups is 1. The Morgan fingerprint density at radius 2 is 1.81 bits per heavy atom. The molecule has 0 unspecified atom stereocenters. The summed E-state index contributed by atoms with van der Waals surface area (Å²) in [5.41, 5.74) is 6.20. The minimum Gasteiger partial charge on any atom is -0.383 e. The summed E-state index contributed by atoms with van der Waals surface area (Å²) in [7, 11) is 0. The highest BCUT2D eigenvalue weighted by atomic mass is 35.5. The number of hydrogen-bond donors (Lipinski definition) is 2. The van der Waals surface area contributed by atoms with Crippen LogP contribution in [0.2, 0.25) is 5.02 Å². The molecule has 1 amide bonds. The summed E-state index contributed by atoms with van der Waals surface area (Å²) in [5, 5.41) is 0.667. The number of anilines is 2. The number of rotatable bonds is 12. The molecule has 1 heterocycles. The van der Waals surface area contributed by atoms with Crippen molar-refractivity contribution in [2.75, 3.05) is 22.9 Å². The van der Waals surface area contributed by atoms with Crippen LogP contribution in [0.5, 0.6) is 0 Å². The quantitative estimate of drug-likeness (QED) is 0.460. The van der Waals surface area contributed by atoms with Gasteiger partial charge >= 0.3 is 5.69 Å². The van der Waals surface area contributed by atoms with Crippen molar-refractivity contribution < 1.29 is 4.79 Å². The Morgan fingerprint density at radius 3 is 2.45 bits per heavy atom. The van der Waals surface area contributed by atoms with Gasteiger partial charge in [-0.2, -0.15) is 0 Å². The fraction of sp³-hybridized carbons (Fsp3) is 0.500. The second-order valence-electron chi connectivity index (χ2n) is 7.37. The summed E-state index contributed by atoms with van der Waals surface area (Å²) in [5.74, 6) is 0.692. The molecule has 0 spiro atoms. The molecule has 31 heavy (non-hydrogen) atoms. The number of hydrogen-bond acceptors (Lipinski definition) is 5. The van der Waals surface area contributed by atoms with Gasteiger partial charge in [-0.25, -0.2) is 4.79 Å². The molecule has 1 aromatic carbocycles. The van der Waals surface area contributed by atoms with Gasteiger partial charge in [0.25, 0.3) is 5.56 Å². The molecule has 0 fully saturated rings. The van der Waals surface area contributed by atoms with Crippen LogP contribution in [0.15, 0.2) is 33.9 Å². The molecule has 0 atom stereocenters. The van der Waals surface area contributed by atoms with Crippen LogP contribution in [-0.4, -0.2) is 27.8 Å². The molecule has 170 valence electrons. The Hall–Kier alpha value is -2.19. The molecule has 0 bridgehead atoms. The first-order valence-corrected chi connectivity index (χ1v) is 12.2. The van der Waals surface area contributed by atoms with Crippen molar-refractivity contribution in [2.24, 2.45) is 0 Å². The molecule has 7 nitrogen and oxygen atoms in total. The lowest BCUT2D eigenvalue weighted by molar-refractivity contribution is -0.116. The second-order valence-corrected chi connectivity index (χ2v) is 8.79. The predicted molar refractivity (Wildman–Crippen MR) is 130 cm³/mol. The van der Waals surface area contributed by atoms with Gasteiger partial charge in [-0.1, -0.05) is 56.8 Å². The summed E-state index contributed by atoms with van der Waals surface area (Å²) in [6.07, 6.45) is 4.28. The lowest BCUT2D eigenvalue weighted by atomic mass is 10.2. The lowest BCUT2D eigenvalue weighted by Crippen LogP contribution is -2.42. The van der Waals surface area contributed by atoms with Crippen LogP contribution in [0.4, 0.5) is 11.5 Å². The number of unbranched alkanes of at least 4 members (excludes halogenated alkanes) is 3. The summed E-state index contributed by atoms with van der Waals surface area (Å²) >= 11 is 7.37. The smallest absolute Gasteiger partial charge is 0.330 e. The largest absolute Gasteiger partial charge is 0.383 e. The third-order valence-corrected chi connectivity index (χ3v) is 6.15. The molecule has 0 aliphatic carbocycles. The summed E-state index contributed by atoms with van der Waals surface area (Å²) in [6, 6.07) is 7.47. The molecular formula is C22H31ClN4O3S. The Labute approximate surface area is 192 Å². The Balaban J connectivity index is 2.24. The minimum absolute atomic E-state index is 0.0507. The summed E-state index contributed by atoms with van der Waals surface area (Å²) in [6.45, 7) is 4.85. The molecule has 0 aliphatic heterocycles. The number of carbonyl (C=O) groups is 1. The number of aromatic amines is 1. The molecule has 2 aromatic rings. The number of carbonyl (C=O) groups excluding carboxylic acids is 1. The lowest BCUT2D eigenvalue weighted by Gasteiger charge is -2.24. The molecule has 0 saturated heterocycles. The van der Waals surface area contributed by atoms with Gasteiger partial charge in [-0.05, 0) is 30.5 Å². The topological polar surface area (TPSA) is 101 Å². The average Bonchev–Trinajstić information content (AvgIpc) is 2.73. The van der Waals surface area contributed by atoms with Gasteiger partial charge in [0.1, 0.15) is 5.82 Å². The summed E-state index contributed by atoms with van der Waals surface area (Å²) < 4.78 is 1.35. The van der Waals surface area contributed by atoms with Gasteiger partial charge in [0.2, 0.25) is 5.91 Å². The van der Waals surface area contributed by atoms with Gasteiger partial charge < -0.3 is 10.6 Å². The highest BCUT2D eigenvalue weighted by Crippen LogP contribution is 2.21. The molecule has 2 rings (SSSR count).